The summed E-state index contributed by atoms with van der Waals surface area (Å²) in [5.41, 5.74) is 7.93. The van der Waals surface area contributed by atoms with Crippen molar-refractivity contribution < 1.29 is 9.90 Å². The van der Waals surface area contributed by atoms with Gasteiger partial charge < -0.3 is 19.6 Å². The van der Waals surface area contributed by atoms with Crippen molar-refractivity contribution in [2.24, 2.45) is 23.2 Å². The second-order valence-corrected chi connectivity index (χ2v) is 17.6. The molecule has 3 N–H and O–H groups in total. The van der Waals surface area contributed by atoms with Gasteiger partial charge in [0.1, 0.15) is 11.1 Å². The van der Waals surface area contributed by atoms with Crippen LogP contribution < -0.4 is 10.8 Å². The molecule has 5 saturated carbocycles. The van der Waals surface area contributed by atoms with Gasteiger partial charge in [-0.05, 0) is 129 Å². The van der Waals surface area contributed by atoms with Crippen LogP contribution in [0.3, 0.4) is 0 Å². The third-order valence-corrected chi connectivity index (χ3v) is 13.5. The van der Waals surface area contributed by atoms with Gasteiger partial charge in [0, 0.05) is 43.1 Å². The van der Waals surface area contributed by atoms with Gasteiger partial charge >= 0.3 is 0 Å². The Morgan fingerprint density at radius 1 is 0.857 bits per heavy atom. The minimum absolute atomic E-state index is 0.137. The normalized spacial score (nSPS) is 25.2. The van der Waals surface area contributed by atoms with E-state index in [1.807, 2.05) is 23.0 Å². The van der Waals surface area contributed by atoms with Crippen LogP contribution in [0.25, 0.3) is 33.4 Å². The van der Waals surface area contributed by atoms with Gasteiger partial charge in [0.25, 0.3) is 0 Å². The highest BCUT2D eigenvalue weighted by atomic mass is 16.3. The van der Waals surface area contributed by atoms with Crippen LogP contribution in [-0.2, 0) is 11.3 Å². The lowest BCUT2D eigenvalue weighted by atomic mass is 9.49. The number of aliphatic hydroxyl groups excluding tert-OH is 1. The fourth-order valence-corrected chi connectivity index (χ4v) is 11.3. The molecular formula is C49H55N5O2. The first-order valence-electron chi connectivity index (χ1n) is 21.2. The van der Waals surface area contributed by atoms with Crippen LogP contribution >= 0.6 is 0 Å². The van der Waals surface area contributed by atoms with E-state index < -0.39 is 0 Å². The van der Waals surface area contributed by atoms with E-state index >= 15 is 0 Å². The van der Waals surface area contributed by atoms with Crippen LogP contribution in [-0.4, -0.2) is 37.8 Å². The first-order chi connectivity index (χ1) is 27.4. The monoisotopic (exact) mass is 745 g/mol. The Balaban J connectivity index is 0.918. The van der Waals surface area contributed by atoms with Crippen molar-refractivity contribution in [2.75, 3.05) is 6.54 Å². The quantitative estimate of drug-likeness (QED) is 0.0929. The smallest absolute Gasteiger partial charge is 0.220 e. The number of benzene rings is 3. The molecule has 5 fully saturated rings. The van der Waals surface area contributed by atoms with Gasteiger partial charge in [0.05, 0.1) is 23.5 Å². The van der Waals surface area contributed by atoms with Crippen molar-refractivity contribution in [3.8, 4) is 34.2 Å². The topological polar surface area (TPSA) is 95.9 Å². The number of amides is 1. The van der Waals surface area contributed by atoms with Gasteiger partial charge in [-0.1, -0.05) is 84.6 Å². The Labute approximate surface area is 331 Å². The van der Waals surface area contributed by atoms with Crippen molar-refractivity contribution in [1.29, 1.82) is 5.41 Å². The summed E-state index contributed by atoms with van der Waals surface area (Å²) in [7, 11) is 0. The van der Waals surface area contributed by atoms with Crippen LogP contribution in [0.1, 0.15) is 107 Å². The number of nitrogens with one attached hydrogen (secondary N) is 2. The van der Waals surface area contributed by atoms with Gasteiger partial charge in [-0.25, -0.2) is 4.98 Å². The lowest BCUT2D eigenvalue weighted by molar-refractivity contribution is -0.123. The average molecular weight is 746 g/mol. The number of unbranched alkanes of at least 4 members (excludes halogenated alkanes) is 2. The summed E-state index contributed by atoms with van der Waals surface area (Å²) in [5, 5.41) is 24.1. The van der Waals surface area contributed by atoms with Crippen molar-refractivity contribution >= 4 is 16.9 Å². The maximum atomic E-state index is 12.8. The molecule has 2 aromatic heterocycles. The minimum Gasteiger partial charge on any atom is -0.393 e. The van der Waals surface area contributed by atoms with Gasteiger partial charge in [-0.15, -0.1) is 0 Å². The molecule has 7 heteroatoms. The molecular weight excluding hydrogens is 691 g/mol. The summed E-state index contributed by atoms with van der Waals surface area (Å²) in [6.07, 6.45) is 16.2. The molecule has 0 aliphatic heterocycles. The van der Waals surface area contributed by atoms with Crippen LogP contribution in [0.5, 0.6) is 0 Å². The zero-order chi connectivity index (χ0) is 38.1. The molecule has 0 atom stereocenters. The summed E-state index contributed by atoms with van der Waals surface area (Å²) in [5.74, 6) is 9.73. The summed E-state index contributed by atoms with van der Waals surface area (Å²) >= 11 is 0. The molecule has 0 unspecified atom stereocenters. The largest absolute Gasteiger partial charge is 0.393 e. The van der Waals surface area contributed by atoms with E-state index in [1.54, 1.807) is 0 Å². The van der Waals surface area contributed by atoms with Crippen LogP contribution in [0.4, 0.5) is 0 Å². The highest BCUT2D eigenvalue weighted by Gasteiger charge is 2.50. The van der Waals surface area contributed by atoms with E-state index in [4.69, 9.17) is 4.98 Å². The molecule has 56 heavy (non-hydrogen) atoms. The SMILES string of the molecule is N=c1c2c(-c3ccccc3)c(-c3ccccc3)n(Cc3cccc(C#CCCCCC(=O)NCC45CC6CC(CC(C6)C4)C5)c3)c2ncn1C1CCC(O)CC1. The summed E-state index contributed by atoms with van der Waals surface area (Å²) < 4.78 is 4.31. The number of aromatic nitrogens is 3. The second-order valence-electron chi connectivity index (χ2n) is 17.6. The lowest BCUT2D eigenvalue weighted by Gasteiger charge is -2.56. The maximum absolute atomic E-state index is 12.8. The number of carbonyl (C=O) groups excluding carboxylic acids is 1. The zero-order valence-corrected chi connectivity index (χ0v) is 32.6. The number of carbonyl (C=O) groups is 1. The Morgan fingerprint density at radius 2 is 1.54 bits per heavy atom. The fourth-order valence-electron chi connectivity index (χ4n) is 11.3. The zero-order valence-electron chi connectivity index (χ0n) is 32.6. The molecule has 5 aliphatic rings. The molecule has 5 aromatic rings. The molecule has 4 bridgehead atoms. The van der Waals surface area contributed by atoms with Crippen LogP contribution in [0.2, 0.25) is 0 Å². The number of aliphatic hydroxyl groups is 1. The van der Waals surface area contributed by atoms with Crippen molar-refractivity contribution in [3.05, 3.63) is 108 Å². The van der Waals surface area contributed by atoms with E-state index in [0.717, 1.165) is 114 Å². The second kappa shape index (κ2) is 15.9. The van der Waals surface area contributed by atoms with Crippen LogP contribution in [0, 0.1) is 40.4 Å². The number of hydrogen-bond acceptors (Lipinski definition) is 4. The lowest BCUT2D eigenvalue weighted by Crippen LogP contribution is -2.51. The van der Waals surface area contributed by atoms with Crippen molar-refractivity contribution in [2.45, 2.75) is 109 Å². The van der Waals surface area contributed by atoms with E-state index in [2.05, 4.69) is 94.5 Å². The minimum atomic E-state index is -0.262. The number of nitrogens with zero attached hydrogens (tertiary/aromatic N) is 3. The molecule has 0 saturated heterocycles. The summed E-state index contributed by atoms with van der Waals surface area (Å²) in [4.78, 5) is 17.9. The van der Waals surface area contributed by atoms with Gasteiger partial charge in [0.15, 0.2) is 0 Å². The Kier molecular flexibility index (Phi) is 10.4. The Morgan fingerprint density at radius 3 is 2.23 bits per heavy atom. The predicted octanol–water partition coefficient (Wildman–Crippen LogP) is 9.42. The molecule has 5 aliphatic carbocycles. The Bertz CT molecular complexity index is 2270. The predicted molar refractivity (Wildman–Crippen MR) is 222 cm³/mol. The van der Waals surface area contributed by atoms with Gasteiger partial charge in [-0.3, -0.25) is 10.2 Å². The standard InChI is InChI=1S/C49H55N5O2/c50-47-45-44(39-15-6-3-7-16-39)46(40-17-8-4-9-18-40)53(48(45)52-33-54(47)41-20-22-42(55)23-21-41)31-35-14-11-13-34(24-35)12-5-1-2-10-19-43(56)51-32-49-28-36-25-37(29-49)27-38(26-36)30-49/h3-4,6-9,11,13-18,24,33,36-38,41-42,50,55H,1-2,10,19-23,25-32H2,(H,51,56). The molecule has 0 radical (unpaired) electrons. The molecule has 1 amide bonds. The molecule has 288 valence electrons. The summed E-state index contributed by atoms with van der Waals surface area (Å²) in [6, 6.07) is 29.5. The van der Waals surface area contributed by atoms with Gasteiger partial charge in [-0.2, -0.15) is 0 Å². The van der Waals surface area contributed by atoms with E-state index in [9.17, 15) is 15.3 Å². The van der Waals surface area contributed by atoms with Crippen LogP contribution in [0.15, 0.2) is 91.3 Å². The summed E-state index contributed by atoms with van der Waals surface area (Å²) in [6.45, 7) is 1.46. The maximum Gasteiger partial charge on any atom is 0.220 e. The molecule has 10 rings (SSSR count). The van der Waals surface area contributed by atoms with Gasteiger partial charge in [0.2, 0.25) is 5.91 Å². The third-order valence-electron chi connectivity index (χ3n) is 13.5. The molecule has 7 nitrogen and oxygen atoms in total. The number of fused-ring (bicyclic) bond motifs is 1. The van der Waals surface area contributed by atoms with Crippen molar-refractivity contribution in [1.82, 2.24) is 19.4 Å². The Hall–Kier alpha value is -4.93. The molecule has 3 aromatic carbocycles. The molecule has 0 spiro atoms. The van der Waals surface area contributed by atoms with E-state index in [0.29, 0.717) is 23.9 Å². The average Bonchev–Trinajstić information content (AvgIpc) is 3.54. The number of hydrogen-bond donors (Lipinski definition) is 3. The first kappa shape index (κ1) is 36.7. The van der Waals surface area contributed by atoms with Crippen molar-refractivity contribution in [3.63, 3.8) is 0 Å². The molecule has 2 heterocycles. The fraction of sp³-hybridized carbons (Fsp3) is 0.449. The van der Waals surface area contributed by atoms with E-state index in [1.165, 1.54) is 38.5 Å². The third kappa shape index (κ3) is 7.61. The first-order valence-corrected chi connectivity index (χ1v) is 21.2. The number of rotatable bonds is 11. The van der Waals surface area contributed by atoms with E-state index in [-0.39, 0.29) is 18.1 Å². The highest BCUT2D eigenvalue weighted by Crippen LogP contribution is 2.59. The highest BCUT2D eigenvalue weighted by molar-refractivity contribution is 6.02.